The van der Waals surface area contributed by atoms with Gasteiger partial charge in [0, 0.05) is 6.07 Å². The van der Waals surface area contributed by atoms with E-state index in [0.29, 0.717) is 4.57 Å². The summed E-state index contributed by atoms with van der Waals surface area (Å²) in [7, 11) is 0. The average molecular weight is 224 g/mol. The Balaban J connectivity index is 3.33. The second-order valence-electron chi connectivity index (χ2n) is 1.83. The predicted molar refractivity (Wildman–Crippen MR) is 39.7 cm³/mol. The summed E-state index contributed by atoms with van der Waals surface area (Å²) in [5, 5.41) is 0. The van der Waals surface area contributed by atoms with Crippen LogP contribution in [-0.2, 0) is 0 Å². The summed E-state index contributed by atoms with van der Waals surface area (Å²) in [5.74, 6) is 0. The number of hydrogen-bond acceptors (Lipinski definition) is 1. The summed E-state index contributed by atoms with van der Waals surface area (Å²) in [6.07, 6.45) is 0. The molecule has 2 nitrogen and oxygen atoms in total. The van der Waals surface area contributed by atoms with Crippen LogP contribution in [0.4, 0.5) is 8.78 Å². The molecule has 0 N–H and O–H groups in total. The van der Waals surface area contributed by atoms with Gasteiger partial charge in [-0.15, -0.1) is 0 Å². The van der Waals surface area contributed by atoms with Crippen molar-refractivity contribution in [3.63, 3.8) is 0 Å². The minimum absolute atomic E-state index is 0.0833. The summed E-state index contributed by atoms with van der Waals surface area (Å²) in [6.45, 7) is -2.79. The van der Waals surface area contributed by atoms with Crippen LogP contribution in [0.3, 0.4) is 0 Å². The number of hydrogen-bond donors (Lipinski definition) is 0. The largest absolute Gasteiger partial charge is 0.322 e. The molecule has 0 fully saturated rings. The molecule has 1 aromatic rings. The maximum absolute atomic E-state index is 12.0. The Morgan fingerprint density at radius 3 is 2.45 bits per heavy atom. The van der Waals surface area contributed by atoms with Crippen molar-refractivity contribution in [3.8, 4) is 0 Å². The molecule has 11 heavy (non-hydrogen) atoms. The van der Waals surface area contributed by atoms with Crippen molar-refractivity contribution in [2.24, 2.45) is 0 Å². The summed E-state index contributed by atoms with van der Waals surface area (Å²) in [5.41, 5.74) is -0.714. The van der Waals surface area contributed by atoms with E-state index in [-0.39, 0.29) is 4.60 Å². The number of aromatic nitrogens is 1. The van der Waals surface area contributed by atoms with E-state index in [1.54, 1.807) is 0 Å². The SMILES string of the molecule is O=c1cccc(Br)n1C(F)F. The fraction of sp³-hybridized carbons (Fsp3) is 0.167. The fourth-order valence-electron chi connectivity index (χ4n) is 0.665. The standard InChI is InChI=1S/C6H4BrF2NO/c7-4-2-1-3-5(11)10(4)6(8)9/h1-3,6H. The van der Waals surface area contributed by atoms with Gasteiger partial charge in [0.2, 0.25) is 0 Å². The molecule has 0 radical (unpaired) electrons. The zero-order chi connectivity index (χ0) is 8.43. The van der Waals surface area contributed by atoms with Crippen LogP contribution >= 0.6 is 15.9 Å². The maximum Gasteiger partial charge on any atom is 0.322 e. The monoisotopic (exact) mass is 223 g/mol. The number of halogens is 3. The highest BCUT2D eigenvalue weighted by atomic mass is 79.9. The molecule has 0 saturated carbocycles. The van der Waals surface area contributed by atoms with Crippen LogP contribution in [0.1, 0.15) is 6.55 Å². The highest BCUT2D eigenvalue weighted by Gasteiger charge is 2.09. The van der Waals surface area contributed by atoms with Gasteiger partial charge in [-0.05, 0) is 22.0 Å². The van der Waals surface area contributed by atoms with Gasteiger partial charge in [-0.2, -0.15) is 8.78 Å². The minimum atomic E-state index is -2.79. The Morgan fingerprint density at radius 2 is 2.09 bits per heavy atom. The Labute approximate surface area is 69.6 Å². The van der Waals surface area contributed by atoms with Crippen LogP contribution in [0.2, 0.25) is 0 Å². The highest BCUT2D eigenvalue weighted by Crippen LogP contribution is 2.14. The molecule has 0 aromatic carbocycles. The van der Waals surface area contributed by atoms with Crippen molar-refractivity contribution < 1.29 is 8.78 Å². The molecular formula is C6H4BrF2NO. The Morgan fingerprint density at radius 1 is 1.45 bits per heavy atom. The average Bonchev–Trinajstić information content (AvgIpc) is 1.85. The van der Waals surface area contributed by atoms with Crippen molar-refractivity contribution in [3.05, 3.63) is 33.2 Å². The quantitative estimate of drug-likeness (QED) is 0.668. The lowest BCUT2D eigenvalue weighted by atomic mass is 10.5. The molecule has 1 rings (SSSR count). The molecule has 0 spiro atoms. The van der Waals surface area contributed by atoms with E-state index in [1.165, 1.54) is 12.1 Å². The van der Waals surface area contributed by atoms with Gasteiger partial charge < -0.3 is 0 Å². The van der Waals surface area contributed by atoms with Gasteiger partial charge >= 0.3 is 6.55 Å². The van der Waals surface area contributed by atoms with Crippen LogP contribution in [0.5, 0.6) is 0 Å². The second kappa shape index (κ2) is 3.13. The van der Waals surface area contributed by atoms with E-state index in [1.807, 2.05) is 0 Å². The lowest BCUT2D eigenvalue weighted by Crippen LogP contribution is -2.19. The number of pyridine rings is 1. The van der Waals surface area contributed by atoms with E-state index in [0.717, 1.165) is 6.07 Å². The summed E-state index contributed by atoms with van der Waals surface area (Å²) in [4.78, 5) is 10.7. The first-order chi connectivity index (χ1) is 5.13. The van der Waals surface area contributed by atoms with Crippen molar-refractivity contribution in [1.29, 1.82) is 0 Å². The Bertz CT molecular complexity index is 310. The fourth-order valence-corrected chi connectivity index (χ4v) is 1.15. The van der Waals surface area contributed by atoms with Crippen molar-refractivity contribution in [1.82, 2.24) is 4.57 Å². The lowest BCUT2D eigenvalue weighted by Gasteiger charge is -2.04. The first-order valence-corrected chi connectivity index (χ1v) is 3.57. The summed E-state index contributed by atoms with van der Waals surface area (Å²) in [6, 6.07) is 3.87. The second-order valence-corrected chi connectivity index (χ2v) is 2.65. The van der Waals surface area contributed by atoms with Gasteiger partial charge in [0.15, 0.2) is 0 Å². The molecule has 0 unspecified atom stereocenters. The van der Waals surface area contributed by atoms with Crippen LogP contribution < -0.4 is 5.56 Å². The zero-order valence-corrected chi connectivity index (χ0v) is 6.88. The summed E-state index contributed by atoms with van der Waals surface area (Å²) < 4.78 is 24.5. The third-order valence-electron chi connectivity index (χ3n) is 1.14. The molecule has 0 aliphatic carbocycles. The zero-order valence-electron chi connectivity index (χ0n) is 5.30. The Hall–Kier alpha value is -0.710. The molecule has 0 aliphatic heterocycles. The molecule has 0 aliphatic rings. The van der Waals surface area contributed by atoms with Crippen molar-refractivity contribution in [2.45, 2.75) is 6.55 Å². The highest BCUT2D eigenvalue weighted by molar-refractivity contribution is 9.10. The first-order valence-electron chi connectivity index (χ1n) is 2.78. The van der Waals surface area contributed by atoms with Crippen LogP contribution in [-0.4, -0.2) is 4.57 Å². The topological polar surface area (TPSA) is 22.0 Å². The van der Waals surface area contributed by atoms with E-state index < -0.39 is 12.1 Å². The van der Waals surface area contributed by atoms with E-state index in [4.69, 9.17) is 0 Å². The minimum Gasteiger partial charge on any atom is -0.269 e. The van der Waals surface area contributed by atoms with Crippen LogP contribution in [0.15, 0.2) is 27.6 Å². The van der Waals surface area contributed by atoms with Crippen LogP contribution in [0.25, 0.3) is 0 Å². The third kappa shape index (κ3) is 1.65. The molecular weight excluding hydrogens is 220 g/mol. The van der Waals surface area contributed by atoms with Gasteiger partial charge in [-0.1, -0.05) is 6.07 Å². The van der Waals surface area contributed by atoms with Gasteiger partial charge in [-0.3, -0.25) is 4.79 Å². The molecule has 0 bridgehead atoms. The molecule has 0 atom stereocenters. The molecule has 5 heteroatoms. The van der Waals surface area contributed by atoms with Gasteiger partial charge in [0.05, 0.1) is 4.60 Å². The molecule has 60 valence electrons. The smallest absolute Gasteiger partial charge is 0.269 e. The number of rotatable bonds is 1. The predicted octanol–water partition coefficient (Wildman–Crippen LogP) is 2.01. The number of alkyl halides is 2. The molecule has 1 heterocycles. The molecule has 0 amide bonds. The van der Waals surface area contributed by atoms with Crippen LogP contribution in [0, 0.1) is 0 Å². The van der Waals surface area contributed by atoms with Gasteiger partial charge in [0.1, 0.15) is 0 Å². The molecule has 1 aromatic heterocycles. The number of nitrogens with zero attached hydrogens (tertiary/aromatic N) is 1. The van der Waals surface area contributed by atoms with E-state index >= 15 is 0 Å². The normalized spacial score (nSPS) is 10.5. The Kier molecular flexibility index (Phi) is 2.38. The van der Waals surface area contributed by atoms with Gasteiger partial charge in [-0.25, -0.2) is 4.57 Å². The summed E-state index contributed by atoms with van der Waals surface area (Å²) >= 11 is 2.83. The maximum atomic E-state index is 12.0. The van der Waals surface area contributed by atoms with Crippen molar-refractivity contribution in [2.75, 3.05) is 0 Å². The van der Waals surface area contributed by atoms with Gasteiger partial charge in [0.25, 0.3) is 5.56 Å². The van der Waals surface area contributed by atoms with E-state index in [9.17, 15) is 13.6 Å². The molecule has 0 saturated heterocycles. The first kappa shape index (κ1) is 8.39. The third-order valence-corrected chi connectivity index (χ3v) is 1.78. The van der Waals surface area contributed by atoms with E-state index in [2.05, 4.69) is 15.9 Å². The van der Waals surface area contributed by atoms with Crippen molar-refractivity contribution >= 4 is 15.9 Å². The lowest BCUT2D eigenvalue weighted by molar-refractivity contribution is 0.0639.